The van der Waals surface area contributed by atoms with Gasteiger partial charge in [-0.2, -0.15) is 0 Å². The maximum absolute atomic E-state index is 4.84. The summed E-state index contributed by atoms with van der Waals surface area (Å²) < 4.78 is 4.84. The van der Waals surface area contributed by atoms with Crippen LogP contribution in [0.15, 0.2) is 41.6 Å². The van der Waals surface area contributed by atoms with Crippen molar-refractivity contribution in [3.05, 3.63) is 37.2 Å². The number of nitrogens with zero attached hydrogens (tertiary/aromatic N) is 2. The first kappa shape index (κ1) is 6.09. The predicted molar refractivity (Wildman–Crippen MR) is 39.7 cm³/mol. The van der Waals surface area contributed by atoms with Crippen LogP contribution in [0.4, 0.5) is 0 Å². The smallest absolute Gasteiger partial charge is 0.181 e. The van der Waals surface area contributed by atoms with E-state index >= 15 is 0 Å². The van der Waals surface area contributed by atoms with Gasteiger partial charge >= 0.3 is 0 Å². The highest BCUT2D eigenvalue weighted by molar-refractivity contribution is 5.56. The van der Waals surface area contributed by atoms with Gasteiger partial charge in [0.25, 0.3) is 0 Å². The van der Waals surface area contributed by atoms with Gasteiger partial charge in [0.2, 0.25) is 0 Å². The second kappa shape index (κ2) is 2.54. The van der Waals surface area contributed by atoms with Crippen molar-refractivity contribution >= 4 is 0 Å². The average molecular weight is 146 g/mol. The van der Waals surface area contributed by atoms with Crippen LogP contribution in [0.25, 0.3) is 11.3 Å². The molecule has 0 spiro atoms. The van der Waals surface area contributed by atoms with Gasteiger partial charge in [0.1, 0.15) is 12.0 Å². The molecule has 0 unspecified atom stereocenters. The van der Waals surface area contributed by atoms with Gasteiger partial charge in [-0.1, -0.05) is 0 Å². The van der Waals surface area contributed by atoms with Gasteiger partial charge in [-0.25, -0.2) is 4.98 Å². The van der Waals surface area contributed by atoms with Gasteiger partial charge in [0, 0.05) is 18.0 Å². The number of rotatable bonds is 1. The second-order valence-corrected chi connectivity index (χ2v) is 2.11. The van der Waals surface area contributed by atoms with Crippen LogP contribution in [-0.4, -0.2) is 9.97 Å². The van der Waals surface area contributed by atoms with E-state index in [1.807, 2.05) is 12.1 Å². The first-order chi connectivity index (χ1) is 5.47. The summed E-state index contributed by atoms with van der Waals surface area (Å²) in [7, 11) is 0. The van der Waals surface area contributed by atoms with E-state index < -0.39 is 0 Å². The first-order valence-electron chi connectivity index (χ1n) is 3.25. The third-order valence-electron chi connectivity index (χ3n) is 1.41. The van der Waals surface area contributed by atoms with Crippen molar-refractivity contribution in [2.45, 2.75) is 0 Å². The summed E-state index contributed by atoms with van der Waals surface area (Å²) in [6.45, 7) is 0. The SMILES string of the molecule is c1cc(-c2cocn2)ccn1. The zero-order valence-corrected chi connectivity index (χ0v) is 5.77. The topological polar surface area (TPSA) is 38.9 Å². The van der Waals surface area contributed by atoms with E-state index in [1.54, 1.807) is 18.7 Å². The molecule has 3 nitrogen and oxygen atoms in total. The lowest BCUT2D eigenvalue weighted by Crippen LogP contribution is -1.75. The van der Waals surface area contributed by atoms with E-state index in [9.17, 15) is 0 Å². The number of aromatic nitrogens is 2. The Kier molecular flexibility index (Phi) is 1.41. The molecule has 0 radical (unpaired) electrons. The first-order valence-corrected chi connectivity index (χ1v) is 3.25. The van der Waals surface area contributed by atoms with Crippen molar-refractivity contribution in [2.75, 3.05) is 0 Å². The number of oxazole rings is 1. The number of hydrogen-bond acceptors (Lipinski definition) is 3. The Labute approximate surface area is 63.7 Å². The minimum absolute atomic E-state index is 0.840. The summed E-state index contributed by atoms with van der Waals surface area (Å²) in [6.07, 6.45) is 6.47. The van der Waals surface area contributed by atoms with Crippen LogP contribution in [0.3, 0.4) is 0 Å². The molecule has 0 N–H and O–H groups in total. The van der Waals surface area contributed by atoms with Gasteiger partial charge in [-0.05, 0) is 12.1 Å². The second-order valence-electron chi connectivity index (χ2n) is 2.11. The van der Waals surface area contributed by atoms with Crippen molar-refractivity contribution < 1.29 is 4.42 Å². The fraction of sp³-hybridized carbons (Fsp3) is 0. The summed E-state index contributed by atoms with van der Waals surface area (Å²) in [4.78, 5) is 7.89. The van der Waals surface area contributed by atoms with Crippen LogP contribution < -0.4 is 0 Å². The lowest BCUT2D eigenvalue weighted by atomic mass is 10.2. The molecule has 0 atom stereocenters. The molecule has 2 rings (SSSR count). The molecule has 0 amide bonds. The highest BCUT2D eigenvalue weighted by atomic mass is 16.3. The Morgan fingerprint density at radius 1 is 1.18 bits per heavy atom. The zero-order valence-electron chi connectivity index (χ0n) is 5.77. The molecule has 0 aliphatic rings. The van der Waals surface area contributed by atoms with Crippen LogP contribution in [-0.2, 0) is 0 Å². The molecule has 0 aromatic carbocycles. The molecule has 11 heavy (non-hydrogen) atoms. The van der Waals surface area contributed by atoms with E-state index in [4.69, 9.17) is 4.42 Å². The molecule has 0 aliphatic heterocycles. The third kappa shape index (κ3) is 1.12. The van der Waals surface area contributed by atoms with Gasteiger partial charge in [-0.15, -0.1) is 0 Å². The summed E-state index contributed by atoms with van der Waals surface area (Å²) >= 11 is 0. The average Bonchev–Trinajstić information content (AvgIpc) is 2.58. The Hall–Kier alpha value is -1.64. The van der Waals surface area contributed by atoms with E-state index in [0.717, 1.165) is 11.3 Å². The minimum Gasteiger partial charge on any atom is -0.451 e. The van der Waals surface area contributed by atoms with Crippen LogP contribution in [0.1, 0.15) is 0 Å². The minimum atomic E-state index is 0.840. The number of pyridine rings is 1. The molecule has 2 aromatic rings. The third-order valence-corrected chi connectivity index (χ3v) is 1.41. The fourth-order valence-electron chi connectivity index (χ4n) is 0.878. The lowest BCUT2D eigenvalue weighted by molar-refractivity contribution is 0.558. The van der Waals surface area contributed by atoms with Gasteiger partial charge in [0.15, 0.2) is 6.39 Å². The summed E-state index contributed by atoms with van der Waals surface area (Å²) in [5.74, 6) is 0. The summed E-state index contributed by atoms with van der Waals surface area (Å²) in [5.41, 5.74) is 1.86. The van der Waals surface area contributed by atoms with Crippen molar-refractivity contribution in [3.8, 4) is 11.3 Å². The Morgan fingerprint density at radius 3 is 2.64 bits per heavy atom. The van der Waals surface area contributed by atoms with Crippen molar-refractivity contribution in [1.29, 1.82) is 0 Å². The van der Waals surface area contributed by atoms with Crippen LogP contribution in [0.2, 0.25) is 0 Å². The fourth-order valence-corrected chi connectivity index (χ4v) is 0.878. The number of hydrogen-bond donors (Lipinski definition) is 0. The van der Waals surface area contributed by atoms with E-state index in [0.29, 0.717) is 0 Å². The highest BCUT2D eigenvalue weighted by Crippen LogP contribution is 2.14. The van der Waals surface area contributed by atoms with Crippen molar-refractivity contribution in [3.63, 3.8) is 0 Å². The quantitative estimate of drug-likeness (QED) is 0.615. The van der Waals surface area contributed by atoms with Crippen molar-refractivity contribution in [1.82, 2.24) is 9.97 Å². The van der Waals surface area contributed by atoms with E-state index in [2.05, 4.69) is 9.97 Å². The largest absolute Gasteiger partial charge is 0.451 e. The van der Waals surface area contributed by atoms with E-state index in [-0.39, 0.29) is 0 Å². The van der Waals surface area contributed by atoms with Crippen LogP contribution in [0.5, 0.6) is 0 Å². The molecule has 0 bridgehead atoms. The monoisotopic (exact) mass is 146 g/mol. The van der Waals surface area contributed by atoms with E-state index in [1.165, 1.54) is 6.39 Å². The molecule has 0 saturated carbocycles. The lowest BCUT2D eigenvalue weighted by Gasteiger charge is -1.90. The standard InChI is InChI=1S/C8H6N2O/c1-3-9-4-2-7(1)8-5-11-6-10-8/h1-6H. The highest BCUT2D eigenvalue weighted by Gasteiger charge is 1.97. The van der Waals surface area contributed by atoms with Crippen LogP contribution in [0, 0.1) is 0 Å². The zero-order chi connectivity index (χ0) is 7.52. The van der Waals surface area contributed by atoms with Gasteiger partial charge in [0.05, 0.1) is 0 Å². The maximum Gasteiger partial charge on any atom is 0.181 e. The normalized spacial score (nSPS) is 9.82. The summed E-state index contributed by atoms with van der Waals surface area (Å²) in [5, 5.41) is 0. The molecule has 0 saturated heterocycles. The van der Waals surface area contributed by atoms with Crippen molar-refractivity contribution in [2.24, 2.45) is 0 Å². The molecule has 0 fully saturated rings. The predicted octanol–water partition coefficient (Wildman–Crippen LogP) is 1.74. The molecule has 3 heteroatoms. The Morgan fingerprint density at radius 2 is 2.00 bits per heavy atom. The summed E-state index contributed by atoms with van der Waals surface area (Å²) in [6, 6.07) is 3.77. The molecular formula is C8H6N2O. The van der Waals surface area contributed by atoms with Gasteiger partial charge < -0.3 is 4.42 Å². The molecule has 54 valence electrons. The maximum atomic E-state index is 4.84. The Balaban J connectivity index is 2.46. The molecular weight excluding hydrogens is 140 g/mol. The van der Waals surface area contributed by atoms with Gasteiger partial charge in [-0.3, -0.25) is 4.98 Å². The Bertz CT molecular complexity index is 315. The molecule has 2 heterocycles. The molecule has 2 aromatic heterocycles. The molecule has 0 aliphatic carbocycles. The van der Waals surface area contributed by atoms with Crippen LogP contribution >= 0.6 is 0 Å².